The molecule has 0 bridgehead atoms. The van der Waals surface area contributed by atoms with Crippen molar-refractivity contribution in [2.75, 3.05) is 5.32 Å². The van der Waals surface area contributed by atoms with E-state index in [-0.39, 0.29) is 24.1 Å². The average Bonchev–Trinajstić information content (AvgIpc) is 3.30. The SMILES string of the molecule is O=C(Cn1ccc2cc([N+](=O)[O-])ccc21)Nc1ncn(Cc2ccc(Br)cc2)n1. The number of carbonyl (C=O) groups is 1. The molecule has 0 aliphatic rings. The summed E-state index contributed by atoms with van der Waals surface area (Å²) in [5, 5.41) is 18.5. The highest BCUT2D eigenvalue weighted by molar-refractivity contribution is 9.10. The first-order chi connectivity index (χ1) is 14.0. The molecule has 1 N–H and O–H groups in total. The second-order valence-electron chi connectivity index (χ2n) is 6.38. The molecule has 4 rings (SSSR count). The second kappa shape index (κ2) is 7.84. The van der Waals surface area contributed by atoms with E-state index in [0.29, 0.717) is 11.9 Å². The Morgan fingerprint density at radius 1 is 1.17 bits per heavy atom. The van der Waals surface area contributed by atoms with Gasteiger partial charge >= 0.3 is 0 Å². The van der Waals surface area contributed by atoms with Crippen LogP contribution in [0.5, 0.6) is 0 Å². The van der Waals surface area contributed by atoms with Crippen LogP contribution < -0.4 is 5.32 Å². The fourth-order valence-electron chi connectivity index (χ4n) is 2.96. The molecule has 0 saturated carbocycles. The third kappa shape index (κ3) is 4.32. The predicted molar refractivity (Wildman–Crippen MR) is 110 cm³/mol. The molecule has 2 heterocycles. The molecule has 0 saturated heterocycles. The molecule has 29 heavy (non-hydrogen) atoms. The molecule has 0 aliphatic heterocycles. The summed E-state index contributed by atoms with van der Waals surface area (Å²) in [6.07, 6.45) is 3.27. The Morgan fingerprint density at radius 2 is 1.97 bits per heavy atom. The number of hydrogen-bond donors (Lipinski definition) is 1. The molecule has 0 unspecified atom stereocenters. The molecule has 10 heteroatoms. The number of nitro benzene ring substituents is 1. The number of anilines is 1. The van der Waals surface area contributed by atoms with Crippen LogP contribution in [0.2, 0.25) is 0 Å². The Bertz CT molecular complexity index is 1200. The molecule has 4 aromatic rings. The van der Waals surface area contributed by atoms with Crippen LogP contribution in [0.3, 0.4) is 0 Å². The van der Waals surface area contributed by atoms with Crippen LogP contribution in [-0.4, -0.2) is 30.2 Å². The quantitative estimate of drug-likeness (QED) is 0.353. The minimum atomic E-state index is -0.445. The highest BCUT2D eigenvalue weighted by atomic mass is 79.9. The Balaban J connectivity index is 1.41. The van der Waals surface area contributed by atoms with Gasteiger partial charge in [0.05, 0.1) is 11.5 Å². The van der Waals surface area contributed by atoms with Crippen molar-refractivity contribution in [2.45, 2.75) is 13.1 Å². The first kappa shape index (κ1) is 18.8. The van der Waals surface area contributed by atoms with E-state index in [0.717, 1.165) is 15.6 Å². The average molecular weight is 455 g/mol. The van der Waals surface area contributed by atoms with Gasteiger partial charge in [-0.3, -0.25) is 20.2 Å². The topological polar surface area (TPSA) is 108 Å². The zero-order valence-corrected chi connectivity index (χ0v) is 16.6. The standard InChI is InChI=1S/C19H15BrN6O3/c20-15-3-1-13(2-4-15)10-25-12-21-19(23-25)22-18(27)11-24-8-7-14-9-16(26(28)29)5-6-17(14)24/h1-9,12H,10-11H2,(H,22,23,27). The van der Waals surface area contributed by atoms with Crippen LogP contribution >= 0.6 is 15.9 Å². The number of amides is 1. The Morgan fingerprint density at radius 3 is 2.72 bits per heavy atom. The summed E-state index contributed by atoms with van der Waals surface area (Å²) in [5.41, 5.74) is 1.81. The van der Waals surface area contributed by atoms with Gasteiger partial charge in [0.15, 0.2) is 0 Å². The minimum absolute atomic E-state index is 0.0141. The van der Waals surface area contributed by atoms with Gasteiger partial charge < -0.3 is 4.57 Å². The zero-order chi connectivity index (χ0) is 20.4. The van der Waals surface area contributed by atoms with Crippen molar-refractivity contribution < 1.29 is 9.72 Å². The van der Waals surface area contributed by atoms with Gasteiger partial charge in [-0.25, -0.2) is 9.67 Å². The molecule has 0 fully saturated rings. The highest BCUT2D eigenvalue weighted by Gasteiger charge is 2.12. The molecule has 0 aliphatic carbocycles. The Kier molecular flexibility index (Phi) is 5.09. The van der Waals surface area contributed by atoms with Gasteiger partial charge in [0.2, 0.25) is 11.9 Å². The molecule has 146 valence electrons. The molecule has 2 aromatic heterocycles. The predicted octanol–water partition coefficient (Wildman–Crippen LogP) is 3.59. The van der Waals surface area contributed by atoms with Crippen LogP contribution in [0.1, 0.15) is 5.56 Å². The summed E-state index contributed by atoms with van der Waals surface area (Å²) in [6.45, 7) is 0.583. The first-order valence-electron chi connectivity index (χ1n) is 8.65. The summed E-state index contributed by atoms with van der Waals surface area (Å²) in [7, 11) is 0. The number of nitrogens with zero attached hydrogens (tertiary/aromatic N) is 5. The number of non-ortho nitro benzene ring substituents is 1. The number of benzene rings is 2. The van der Waals surface area contributed by atoms with Crippen molar-refractivity contribution in [1.82, 2.24) is 19.3 Å². The van der Waals surface area contributed by atoms with Crippen LogP contribution in [0.25, 0.3) is 10.9 Å². The summed E-state index contributed by atoms with van der Waals surface area (Å²) < 4.78 is 4.36. The fourth-order valence-corrected chi connectivity index (χ4v) is 3.23. The lowest BCUT2D eigenvalue weighted by atomic mass is 10.2. The number of nitro groups is 1. The third-order valence-corrected chi connectivity index (χ3v) is 4.85. The number of nitrogens with one attached hydrogen (secondary N) is 1. The number of fused-ring (bicyclic) bond motifs is 1. The second-order valence-corrected chi connectivity index (χ2v) is 7.30. The van der Waals surface area contributed by atoms with Gasteiger partial charge in [-0.1, -0.05) is 28.1 Å². The minimum Gasteiger partial charge on any atom is -0.338 e. The van der Waals surface area contributed by atoms with E-state index >= 15 is 0 Å². The number of aromatic nitrogens is 4. The highest BCUT2D eigenvalue weighted by Crippen LogP contribution is 2.22. The molecule has 1 amide bonds. The van der Waals surface area contributed by atoms with Gasteiger partial charge in [0.25, 0.3) is 5.69 Å². The Labute approximate surface area is 173 Å². The van der Waals surface area contributed by atoms with E-state index in [4.69, 9.17) is 0 Å². The number of carbonyl (C=O) groups excluding carboxylic acids is 1. The lowest BCUT2D eigenvalue weighted by Crippen LogP contribution is -2.19. The number of hydrogen-bond acceptors (Lipinski definition) is 5. The van der Waals surface area contributed by atoms with Gasteiger partial charge in [0, 0.05) is 33.7 Å². The maximum absolute atomic E-state index is 12.4. The van der Waals surface area contributed by atoms with Crippen molar-refractivity contribution >= 4 is 44.4 Å². The fraction of sp³-hybridized carbons (Fsp3) is 0.105. The molecule has 0 spiro atoms. The normalized spacial score (nSPS) is 10.9. The van der Waals surface area contributed by atoms with E-state index in [9.17, 15) is 14.9 Å². The largest absolute Gasteiger partial charge is 0.338 e. The van der Waals surface area contributed by atoms with E-state index in [1.165, 1.54) is 12.1 Å². The molecule has 0 atom stereocenters. The molecule has 2 aromatic carbocycles. The molecular weight excluding hydrogens is 440 g/mol. The summed E-state index contributed by atoms with van der Waals surface area (Å²) in [6, 6.07) is 14.1. The lowest BCUT2D eigenvalue weighted by molar-refractivity contribution is -0.384. The number of rotatable bonds is 6. The lowest BCUT2D eigenvalue weighted by Gasteiger charge is -2.05. The van der Waals surface area contributed by atoms with Crippen LogP contribution in [0.15, 0.2) is 65.5 Å². The van der Waals surface area contributed by atoms with Crippen molar-refractivity contribution in [3.63, 3.8) is 0 Å². The van der Waals surface area contributed by atoms with Crippen molar-refractivity contribution in [2.24, 2.45) is 0 Å². The van der Waals surface area contributed by atoms with Crippen molar-refractivity contribution in [3.05, 3.63) is 81.2 Å². The summed E-state index contributed by atoms with van der Waals surface area (Å²) in [4.78, 5) is 26.9. The van der Waals surface area contributed by atoms with Crippen LogP contribution in [-0.2, 0) is 17.9 Å². The van der Waals surface area contributed by atoms with Crippen LogP contribution in [0.4, 0.5) is 11.6 Å². The molecular formula is C19H15BrN6O3. The van der Waals surface area contributed by atoms with E-state index in [1.54, 1.807) is 33.9 Å². The van der Waals surface area contributed by atoms with Gasteiger partial charge in [-0.2, -0.15) is 0 Å². The van der Waals surface area contributed by atoms with Gasteiger partial charge in [-0.05, 0) is 29.8 Å². The van der Waals surface area contributed by atoms with Gasteiger partial charge in [0.1, 0.15) is 12.9 Å². The van der Waals surface area contributed by atoms with E-state index in [1.807, 2.05) is 24.3 Å². The van der Waals surface area contributed by atoms with Gasteiger partial charge in [-0.15, -0.1) is 5.10 Å². The van der Waals surface area contributed by atoms with Crippen LogP contribution in [0, 0.1) is 10.1 Å². The first-order valence-corrected chi connectivity index (χ1v) is 9.44. The van der Waals surface area contributed by atoms with E-state index in [2.05, 4.69) is 31.3 Å². The van der Waals surface area contributed by atoms with E-state index < -0.39 is 4.92 Å². The summed E-state index contributed by atoms with van der Waals surface area (Å²) in [5.74, 6) is -0.0681. The monoisotopic (exact) mass is 454 g/mol. The maximum Gasteiger partial charge on any atom is 0.270 e. The summed E-state index contributed by atoms with van der Waals surface area (Å²) >= 11 is 3.40. The Hall–Kier alpha value is -3.53. The maximum atomic E-state index is 12.4. The van der Waals surface area contributed by atoms with Crippen molar-refractivity contribution in [1.29, 1.82) is 0 Å². The molecule has 9 nitrogen and oxygen atoms in total. The smallest absolute Gasteiger partial charge is 0.270 e. The zero-order valence-electron chi connectivity index (χ0n) is 15.0. The van der Waals surface area contributed by atoms with Crippen molar-refractivity contribution in [3.8, 4) is 0 Å². The molecule has 0 radical (unpaired) electrons. The third-order valence-electron chi connectivity index (χ3n) is 4.32. The number of halogens is 1.